The third-order valence-electron chi connectivity index (χ3n) is 21.0. The van der Waals surface area contributed by atoms with Gasteiger partial charge in [0.15, 0.2) is 0 Å². The van der Waals surface area contributed by atoms with Crippen LogP contribution in [-0.4, -0.2) is 108 Å². The SMILES string of the molecule is CCOc1ccc(Oc2ccc(S(=O)(=O)NC(=O)c3[nH]c4ccccc4c3CCCOc3cc(C)c(Cl)c(C)c3)cc2)cc1.Cc1cc(OCCCc2c(C(=O)NS(=O)(=O)CCCNC3CCCCC3)[nH]c3ccccc23)cc(C)c1Cl.Cc1cc(OCCCc2c(C(=O)NS(=O)(=O)c3ccc(OCc4ccccc4)nc3)[nH]c3ccccc23)cc(C)c1Cl. The number of aromatic amines is 3. The standard InChI is InChI=1S/C34H33ClN2O6S.C32H30ClN3O5S.C29H38ClN3O4S/c1-4-41-24-11-13-25(14-12-24)43-26-15-17-28(18-16-26)44(39,40)37-34(38)33-30(29-8-5-6-10-31(29)36-33)9-7-19-42-27-20-22(2)32(35)23(3)21-27;1-21-17-24(18-22(2)30(21)33)40-16-8-12-27-26-11-6-7-13-28(26)35-31(27)32(37)36-42(38,39)25-14-15-29(34-19-25)41-20-23-9-4-3-5-10-23;1-20-18-23(19-21(2)27(20)30)37-16-8-13-25-24-12-6-7-14-26(24)32-28(25)29(34)33-38(35,36)17-9-15-31-22-10-4-3-5-11-22/h5-6,8,10-18,20-21,36H,4,7,9,19H2,1-3H3,(H,37,38);3-7,9-11,13-15,17-19,35H,8,12,16,20H2,1-2H3,(H,36,37);6-7,12,14,18-19,22,31-32H,3-5,8-11,13,15-17H2,1-2H3,(H,33,34). The van der Waals surface area contributed by atoms with Crippen molar-refractivity contribution in [2.24, 2.45) is 0 Å². The van der Waals surface area contributed by atoms with Gasteiger partial charge in [-0.25, -0.2) is 44.4 Å². The Kier molecular flexibility index (Phi) is 31.7. The van der Waals surface area contributed by atoms with Crippen molar-refractivity contribution in [3.63, 3.8) is 0 Å². The van der Waals surface area contributed by atoms with Crippen molar-refractivity contribution in [3.05, 3.63) is 294 Å². The minimum absolute atomic E-state index is 0.0653. The number of benzene rings is 9. The number of aryl methyl sites for hydroxylation is 9. The molecule has 0 bridgehead atoms. The van der Waals surface area contributed by atoms with Gasteiger partial charge in [0.2, 0.25) is 15.9 Å². The molecule has 13 aromatic rings. The van der Waals surface area contributed by atoms with Crippen molar-refractivity contribution in [3.8, 4) is 40.4 Å². The van der Waals surface area contributed by atoms with Gasteiger partial charge in [-0.15, -0.1) is 0 Å². The number of halogens is 3. The summed E-state index contributed by atoms with van der Waals surface area (Å²) in [6.45, 7) is 16.3. The summed E-state index contributed by atoms with van der Waals surface area (Å²) in [6.07, 6.45) is 11.1. The summed E-state index contributed by atoms with van der Waals surface area (Å²) in [5.41, 5.74) is 11.8. The molecule has 23 nitrogen and oxygen atoms in total. The van der Waals surface area contributed by atoms with E-state index in [1.807, 2.05) is 188 Å². The van der Waals surface area contributed by atoms with Gasteiger partial charge < -0.3 is 48.7 Å². The van der Waals surface area contributed by atoms with Gasteiger partial charge in [-0.3, -0.25) is 14.4 Å². The van der Waals surface area contributed by atoms with E-state index in [0.29, 0.717) is 108 Å². The summed E-state index contributed by atoms with van der Waals surface area (Å²) in [5.74, 6) is 2.02. The lowest BCUT2D eigenvalue weighted by Gasteiger charge is -2.22. The average Bonchev–Trinajstić information content (AvgIpc) is 1.63. The number of sulfonamides is 3. The van der Waals surface area contributed by atoms with Crippen LogP contribution < -0.4 is 47.9 Å². The van der Waals surface area contributed by atoms with Crippen LogP contribution in [0.5, 0.6) is 40.4 Å². The highest BCUT2D eigenvalue weighted by Gasteiger charge is 2.28. The van der Waals surface area contributed by atoms with E-state index in [9.17, 15) is 39.6 Å². The van der Waals surface area contributed by atoms with E-state index in [0.717, 1.165) is 134 Å². The van der Waals surface area contributed by atoms with Crippen molar-refractivity contribution in [2.75, 3.05) is 38.7 Å². The second-order valence-electron chi connectivity index (χ2n) is 30.4. The second-order valence-corrected chi connectivity index (χ2v) is 36.7. The molecule has 9 aromatic carbocycles. The molecular weight excluding hydrogens is 1700 g/mol. The summed E-state index contributed by atoms with van der Waals surface area (Å²) in [5, 5.41) is 8.23. The predicted molar refractivity (Wildman–Crippen MR) is 488 cm³/mol. The first kappa shape index (κ1) is 91.8. The Labute approximate surface area is 738 Å². The lowest BCUT2D eigenvalue weighted by atomic mass is 9.95. The van der Waals surface area contributed by atoms with Crippen LogP contribution in [0, 0.1) is 41.5 Å². The number of amides is 3. The Bertz CT molecular complexity index is 6190. The van der Waals surface area contributed by atoms with Crippen molar-refractivity contribution >= 4 is 115 Å². The molecule has 0 atom stereocenters. The summed E-state index contributed by atoms with van der Waals surface area (Å²) in [6, 6.07) is 59.8. The first-order valence-corrected chi connectivity index (χ1v) is 46.9. The molecule has 7 N–H and O–H groups in total. The number of hydrogen-bond acceptors (Lipinski definition) is 17. The van der Waals surface area contributed by atoms with E-state index in [-0.39, 0.29) is 38.5 Å². The Hall–Kier alpha value is -11.4. The van der Waals surface area contributed by atoms with Gasteiger partial charge >= 0.3 is 0 Å². The van der Waals surface area contributed by atoms with E-state index in [1.165, 1.54) is 61.9 Å². The number of ether oxygens (including phenoxy) is 6. The van der Waals surface area contributed by atoms with Gasteiger partial charge in [0, 0.05) is 59.9 Å². The molecule has 0 spiro atoms. The highest BCUT2D eigenvalue weighted by molar-refractivity contribution is 7.90. The number of carbonyl (C=O) groups excluding carboxylic acids is 3. The maximum Gasteiger partial charge on any atom is 0.281 e. The normalized spacial score (nSPS) is 12.4. The summed E-state index contributed by atoms with van der Waals surface area (Å²) >= 11 is 18.8. The number of nitrogens with one attached hydrogen (secondary N) is 7. The number of aromatic nitrogens is 4. The maximum atomic E-state index is 13.4. The van der Waals surface area contributed by atoms with E-state index >= 15 is 0 Å². The van der Waals surface area contributed by atoms with E-state index in [2.05, 4.69) is 39.4 Å². The molecular formula is C95H101Cl3N8O15S3. The fourth-order valence-corrected chi connectivity index (χ4v) is 18.0. The molecule has 14 rings (SSSR count). The van der Waals surface area contributed by atoms with Crippen LogP contribution in [0.4, 0.5) is 0 Å². The molecule has 0 saturated heterocycles. The topological polar surface area (TPSA) is 317 Å². The molecule has 0 aliphatic heterocycles. The molecule has 0 radical (unpaired) electrons. The number of nitrogens with zero attached hydrogens (tertiary/aromatic N) is 1. The molecule has 0 unspecified atom stereocenters. The lowest BCUT2D eigenvalue weighted by molar-refractivity contribution is 0.0967. The molecule has 124 heavy (non-hydrogen) atoms. The Balaban J connectivity index is 0.000000170. The quantitative estimate of drug-likeness (QED) is 0.0182. The van der Waals surface area contributed by atoms with Gasteiger partial charge in [-0.05, 0) is 278 Å². The summed E-state index contributed by atoms with van der Waals surface area (Å²) in [4.78, 5) is 53.0. The Morgan fingerprint density at radius 2 is 0.798 bits per heavy atom. The second kappa shape index (κ2) is 42.8. The van der Waals surface area contributed by atoms with Gasteiger partial charge in [0.1, 0.15) is 63.1 Å². The van der Waals surface area contributed by atoms with Gasteiger partial charge in [0.05, 0.1) is 43.3 Å². The minimum atomic E-state index is -4.19. The number of para-hydroxylation sites is 3. The Morgan fingerprint density at radius 3 is 1.21 bits per heavy atom. The smallest absolute Gasteiger partial charge is 0.281 e. The van der Waals surface area contributed by atoms with Crippen LogP contribution >= 0.6 is 34.8 Å². The number of carbonyl (C=O) groups is 3. The summed E-state index contributed by atoms with van der Waals surface area (Å²) in [7, 11) is -12.1. The third-order valence-corrected chi connectivity index (χ3v) is 26.7. The average molecular weight is 1800 g/mol. The molecule has 1 fully saturated rings. The van der Waals surface area contributed by atoms with Crippen LogP contribution in [0.15, 0.2) is 216 Å². The minimum Gasteiger partial charge on any atom is -0.494 e. The monoisotopic (exact) mass is 1790 g/mol. The molecule has 1 saturated carbocycles. The van der Waals surface area contributed by atoms with Crippen LogP contribution in [0.3, 0.4) is 0 Å². The highest BCUT2D eigenvalue weighted by atomic mass is 35.5. The van der Waals surface area contributed by atoms with Crippen molar-refractivity contribution in [2.45, 2.75) is 148 Å². The van der Waals surface area contributed by atoms with E-state index in [1.54, 1.807) is 24.3 Å². The first-order valence-electron chi connectivity index (χ1n) is 41.1. The number of rotatable bonds is 35. The number of pyridine rings is 1. The van der Waals surface area contributed by atoms with Gasteiger partial charge in [-0.2, -0.15) is 0 Å². The Morgan fingerprint density at radius 1 is 0.419 bits per heavy atom. The largest absolute Gasteiger partial charge is 0.494 e. The maximum absolute atomic E-state index is 13.4. The zero-order valence-electron chi connectivity index (χ0n) is 70.1. The molecule has 3 amide bonds. The van der Waals surface area contributed by atoms with Crippen LogP contribution in [0.25, 0.3) is 32.7 Å². The highest BCUT2D eigenvalue weighted by Crippen LogP contribution is 2.34. The van der Waals surface area contributed by atoms with Gasteiger partial charge in [0.25, 0.3) is 37.8 Å². The number of H-pyrrole nitrogens is 3. The first-order chi connectivity index (χ1) is 59.6. The molecule has 1 aliphatic carbocycles. The van der Waals surface area contributed by atoms with Crippen LogP contribution in [0.2, 0.25) is 15.1 Å². The molecule has 29 heteroatoms. The van der Waals surface area contributed by atoms with Gasteiger partial charge in [-0.1, -0.05) is 139 Å². The molecule has 4 aromatic heterocycles. The molecule has 4 heterocycles. The molecule has 1 aliphatic rings. The zero-order chi connectivity index (χ0) is 88.1. The van der Waals surface area contributed by atoms with E-state index < -0.39 is 47.8 Å². The summed E-state index contributed by atoms with van der Waals surface area (Å²) < 4.78 is 119. The third kappa shape index (κ3) is 24.8. The fourth-order valence-electron chi connectivity index (χ4n) is 14.8. The fraction of sp³-hybridized carbons (Fsp3) is 0.284. The number of hydrogen-bond donors (Lipinski definition) is 7. The zero-order valence-corrected chi connectivity index (χ0v) is 74.8. The van der Waals surface area contributed by atoms with Crippen LogP contribution in [0.1, 0.15) is 152 Å². The van der Waals surface area contributed by atoms with E-state index in [4.69, 9.17) is 63.2 Å². The van der Waals surface area contributed by atoms with Crippen molar-refractivity contribution < 1.29 is 68.1 Å². The lowest BCUT2D eigenvalue weighted by Crippen LogP contribution is -2.36. The van der Waals surface area contributed by atoms with Crippen molar-refractivity contribution in [1.29, 1.82) is 0 Å². The predicted octanol–water partition coefficient (Wildman–Crippen LogP) is 20.1. The van der Waals surface area contributed by atoms with Crippen LogP contribution in [-0.2, 0) is 55.9 Å². The van der Waals surface area contributed by atoms with Crippen molar-refractivity contribution in [1.82, 2.24) is 39.4 Å². The number of fused-ring (bicyclic) bond motifs is 3. The molecule has 650 valence electrons.